The Bertz CT molecular complexity index is 1450. The molecule has 2 atom stereocenters. The Morgan fingerprint density at radius 1 is 0.951 bits per heavy atom. The van der Waals surface area contributed by atoms with Crippen molar-refractivity contribution < 1.29 is 5.11 Å². The summed E-state index contributed by atoms with van der Waals surface area (Å²) in [6, 6.07) is 27.7. The molecule has 1 aliphatic rings. The molecule has 0 aliphatic carbocycles. The molecule has 0 saturated carbocycles. The van der Waals surface area contributed by atoms with Crippen LogP contribution < -0.4 is 10.6 Å². The number of nitriles is 1. The molecule has 1 fully saturated rings. The van der Waals surface area contributed by atoms with Crippen LogP contribution in [0, 0.1) is 17.2 Å². The quantitative estimate of drug-likeness (QED) is 0.175. The SMILES string of the molecule is N#Cc1cccc(-c2ccc(C(CNC(O)Nc3cc(Cl)cc(Cl)c3)C3CCN(Cc4cccnc4)CC3)cc2)c1. The van der Waals surface area contributed by atoms with Crippen molar-refractivity contribution in [2.45, 2.75) is 31.7 Å². The summed E-state index contributed by atoms with van der Waals surface area (Å²) in [5, 5.41) is 27.4. The molecule has 1 saturated heterocycles. The number of benzene rings is 3. The molecule has 2 unspecified atom stereocenters. The third-order valence-corrected chi connectivity index (χ3v) is 8.13. The molecule has 210 valence electrons. The first-order chi connectivity index (χ1) is 20.0. The third-order valence-electron chi connectivity index (χ3n) is 7.69. The van der Waals surface area contributed by atoms with Gasteiger partial charge in [0.05, 0.1) is 11.6 Å². The molecule has 3 N–H and O–H groups in total. The van der Waals surface area contributed by atoms with Crippen LogP contribution in [0.3, 0.4) is 0 Å². The Morgan fingerprint density at radius 3 is 2.39 bits per heavy atom. The summed E-state index contributed by atoms with van der Waals surface area (Å²) < 4.78 is 0. The first-order valence-corrected chi connectivity index (χ1v) is 14.6. The number of nitrogens with one attached hydrogen (secondary N) is 2. The van der Waals surface area contributed by atoms with Crippen molar-refractivity contribution in [3.63, 3.8) is 0 Å². The highest BCUT2D eigenvalue weighted by Crippen LogP contribution is 2.34. The fourth-order valence-electron chi connectivity index (χ4n) is 5.60. The number of nitrogens with zero attached hydrogens (tertiary/aromatic N) is 3. The van der Waals surface area contributed by atoms with Crippen LogP contribution in [0.5, 0.6) is 0 Å². The van der Waals surface area contributed by atoms with Crippen LogP contribution in [0.1, 0.15) is 35.4 Å². The lowest BCUT2D eigenvalue weighted by atomic mass is 9.79. The predicted molar refractivity (Wildman–Crippen MR) is 166 cm³/mol. The minimum absolute atomic E-state index is 0.203. The van der Waals surface area contributed by atoms with Crippen molar-refractivity contribution in [3.8, 4) is 17.2 Å². The standard InChI is InChI=1S/C33H33Cl2N5O/c34-29-16-30(35)18-31(17-29)39-33(41)38-21-32(27-10-13-40(14-11-27)22-24-4-2-12-37-20-24)26-8-6-25(7-9-26)28-5-1-3-23(15-28)19-36/h1-9,12,15-18,20,27,32-33,38-39,41H,10-11,13-14,21-22H2. The minimum atomic E-state index is -0.967. The average Bonchev–Trinajstić information content (AvgIpc) is 2.98. The van der Waals surface area contributed by atoms with Crippen LogP contribution in [-0.4, -0.2) is 41.0 Å². The predicted octanol–water partition coefficient (Wildman–Crippen LogP) is 6.90. The Kier molecular flexibility index (Phi) is 9.89. The summed E-state index contributed by atoms with van der Waals surface area (Å²) >= 11 is 12.3. The minimum Gasteiger partial charge on any atom is -0.361 e. The lowest BCUT2D eigenvalue weighted by Gasteiger charge is -2.37. The fraction of sp³-hybridized carbons (Fsp3) is 0.273. The lowest BCUT2D eigenvalue weighted by Crippen LogP contribution is -2.42. The van der Waals surface area contributed by atoms with Gasteiger partial charge < -0.3 is 10.4 Å². The van der Waals surface area contributed by atoms with E-state index in [0.717, 1.165) is 43.6 Å². The number of piperidine rings is 1. The molecule has 4 aromatic rings. The zero-order valence-corrected chi connectivity index (χ0v) is 24.2. The molecule has 0 bridgehead atoms. The number of anilines is 1. The Balaban J connectivity index is 1.29. The van der Waals surface area contributed by atoms with Gasteiger partial charge in [0.25, 0.3) is 0 Å². The van der Waals surface area contributed by atoms with Crippen LogP contribution in [0.2, 0.25) is 10.0 Å². The third kappa shape index (κ3) is 8.07. The first-order valence-electron chi connectivity index (χ1n) is 13.8. The molecule has 1 aromatic heterocycles. The summed E-state index contributed by atoms with van der Waals surface area (Å²) in [4.78, 5) is 6.75. The zero-order chi connectivity index (χ0) is 28.6. The van der Waals surface area contributed by atoms with Gasteiger partial charge in [0, 0.05) is 41.2 Å². The topological polar surface area (TPSA) is 84.2 Å². The molecule has 0 radical (unpaired) electrons. The number of hydrogen-bond donors (Lipinski definition) is 3. The van der Waals surface area contributed by atoms with E-state index in [1.54, 1.807) is 18.2 Å². The molecule has 1 aliphatic heterocycles. The van der Waals surface area contributed by atoms with Crippen molar-refractivity contribution >= 4 is 28.9 Å². The summed E-state index contributed by atoms with van der Waals surface area (Å²) in [5.74, 6) is 0.655. The van der Waals surface area contributed by atoms with E-state index in [-0.39, 0.29) is 5.92 Å². The molecule has 2 heterocycles. The number of halogens is 2. The van der Waals surface area contributed by atoms with Gasteiger partial charge in [-0.1, -0.05) is 65.7 Å². The van der Waals surface area contributed by atoms with Gasteiger partial charge in [0.1, 0.15) is 0 Å². The van der Waals surface area contributed by atoms with Gasteiger partial charge in [0.2, 0.25) is 0 Å². The van der Waals surface area contributed by atoms with Crippen LogP contribution in [0.4, 0.5) is 5.69 Å². The highest BCUT2D eigenvalue weighted by Gasteiger charge is 2.28. The van der Waals surface area contributed by atoms with Crippen molar-refractivity contribution in [2.24, 2.45) is 5.92 Å². The molecule has 0 spiro atoms. The summed E-state index contributed by atoms with van der Waals surface area (Å²) in [5.41, 5.74) is 5.84. The monoisotopic (exact) mass is 585 g/mol. The first kappa shape index (κ1) is 29.1. The average molecular weight is 587 g/mol. The number of likely N-dealkylation sites (tertiary alicyclic amines) is 1. The van der Waals surface area contributed by atoms with Crippen LogP contribution in [0.25, 0.3) is 11.1 Å². The van der Waals surface area contributed by atoms with Crippen molar-refractivity contribution in [2.75, 3.05) is 25.0 Å². The highest BCUT2D eigenvalue weighted by molar-refractivity contribution is 6.35. The number of aliphatic hydroxyl groups is 1. The summed E-state index contributed by atoms with van der Waals surface area (Å²) in [6.45, 7) is 3.53. The van der Waals surface area contributed by atoms with E-state index in [0.29, 0.717) is 33.8 Å². The van der Waals surface area contributed by atoms with E-state index in [2.05, 4.69) is 56.9 Å². The maximum absolute atomic E-state index is 10.8. The number of hydrogen-bond acceptors (Lipinski definition) is 6. The Hall–Kier alpha value is -3.44. The maximum Gasteiger partial charge on any atom is 0.181 e. The van der Waals surface area contributed by atoms with Crippen molar-refractivity contribution in [1.29, 1.82) is 5.26 Å². The van der Waals surface area contributed by atoms with Crippen LogP contribution in [0.15, 0.2) is 91.3 Å². The number of rotatable bonds is 10. The van der Waals surface area contributed by atoms with Gasteiger partial charge in [-0.05, 0) is 96.4 Å². The van der Waals surface area contributed by atoms with E-state index in [1.165, 1.54) is 11.1 Å². The number of aromatic nitrogens is 1. The Morgan fingerprint density at radius 2 is 1.71 bits per heavy atom. The molecule has 41 heavy (non-hydrogen) atoms. The lowest BCUT2D eigenvalue weighted by molar-refractivity contribution is 0.137. The smallest absolute Gasteiger partial charge is 0.181 e. The number of aliphatic hydroxyl groups excluding tert-OH is 1. The highest BCUT2D eigenvalue weighted by atomic mass is 35.5. The van der Waals surface area contributed by atoms with Gasteiger partial charge >= 0.3 is 0 Å². The van der Waals surface area contributed by atoms with E-state index < -0.39 is 6.35 Å². The second-order valence-corrected chi connectivity index (χ2v) is 11.4. The van der Waals surface area contributed by atoms with Crippen LogP contribution >= 0.6 is 23.2 Å². The van der Waals surface area contributed by atoms with E-state index in [9.17, 15) is 10.4 Å². The molecule has 0 amide bonds. The van der Waals surface area contributed by atoms with E-state index >= 15 is 0 Å². The van der Waals surface area contributed by atoms with Gasteiger partial charge in [-0.25, -0.2) is 0 Å². The molecule has 6 nitrogen and oxygen atoms in total. The summed E-state index contributed by atoms with van der Waals surface area (Å²) in [6.07, 6.45) is 4.90. The molecule has 5 rings (SSSR count). The fourth-order valence-corrected chi connectivity index (χ4v) is 6.12. The van der Waals surface area contributed by atoms with Gasteiger partial charge in [-0.15, -0.1) is 0 Å². The normalized spacial score (nSPS) is 15.7. The summed E-state index contributed by atoms with van der Waals surface area (Å²) in [7, 11) is 0. The van der Waals surface area contributed by atoms with Gasteiger partial charge in [0.15, 0.2) is 6.35 Å². The number of pyridine rings is 1. The largest absolute Gasteiger partial charge is 0.361 e. The maximum atomic E-state index is 10.8. The van der Waals surface area contributed by atoms with Crippen molar-refractivity contribution in [1.82, 2.24) is 15.2 Å². The van der Waals surface area contributed by atoms with Crippen molar-refractivity contribution in [3.05, 3.63) is 118 Å². The van der Waals surface area contributed by atoms with E-state index in [1.807, 2.05) is 42.7 Å². The molecule has 8 heteroatoms. The molecular weight excluding hydrogens is 553 g/mol. The molecular formula is C33H33Cl2N5O. The second-order valence-electron chi connectivity index (χ2n) is 10.5. The van der Waals surface area contributed by atoms with Gasteiger partial charge in [-0.3, -0.25) is 15.2 Å². The van der Waals surface area contributed by atoms with Crippen LogP contribution in [-0.2, 0) is 6.54 Å². The Labute approximate surface area is 251 Å². The van der Waals surface area contributed by atoms with E-state index in [4.69, 9.17) is 23.2 Å². The zero-order valence-electron chi connectivity index (χ0n) is 22.7. The molecule has 3 aromatic carbocycles. The van der Waals surface area contributed by atoms with Gasteiger partial charge in [-0.2, -0.15) is 5.26 Å². The second kappa shape index (κ2) is 14.0.